The van der Waals surface area contributed by atoms with E-state index in [4.69, 9.17) is 5.73 Å². The Morgan fingerprint density at radius 2 is 2.10 bits per heavy atom. The summed E-state index contributed by atoms with van der Waals surface area (Å²) >= 11 is 0. The van der Waals surface area contributed by atoms with Gasteiger partial charge in [0.2, 0.25) is 0 Å². The number of nitrogens with two attached hydrogens (primary N) is 1. The molecular weight excluding hydrogens is 274 g/mol. The van der Waals surface area contributed by atoms with Crippen LogP contribution in [0.5, 0.6) is 0 Å². The Hall–Kier alpha value is -2.21. The number of rotatable bonds is 2. The molecule has 5 N–H and O–H groups in total. The van der Waals surface area contributed by atoms with Crippen molar-refractivity contribution < 1.29 is 15.3 Å². The maximum atomic E-state index is 10.0. The average molecular weight is 289 g/mol. The number of hydrogen-bond donors (Lipinski definition) is 4. The number of aromatic nitrogens is 3. The summed E-state index contributed by atoms with van der Waals surface area (Å²) in [6.07, 6.45) is -1.07. The second-order valence-corrected chi connectivity index (χ2v) is 5.21. The molecule has 0 spiro atoms. The number of anilines is 1. The van der Waals surface area contributed by atoms with Crippen LogP contribution in [0.4, 0.5) is 5.82 Å². The Morgan fingerprint density at radius 1 is 1.33 bits per heavy atom. The van der Waals surface area contributed by atoms with Crippen molar-refractivity contribution in [3.63, 3.8) is 0 Å². The minimum absolute atomic E-state index is 0.296. The minimum atomic E-state index is -1.21. The van der Waals surface area contributed by atoms with E-state index in [0.29, 0.717) is 17.0 Å². The van der Waals surface area contributed by atoms with Crippen LogP contribution in [0.1, 0.15) is 11.6 Å². The molecule has 8 nitrogen and oxygen atoms in total. The third-order valence-corrected chi connectivity index (χ3v) is 4.22. The highest BCUT2D eigenvalue weighted by Gasteiger charge is 2.51. The van der Waals surface area contributed by atoms with Gasteiger partial charge in [0.25, 0.3) is 0 Å². The maximum Gasteiger partial charge on any atom is 0.151 e. The van der Waals surface area contributed by atoms with E-state index in [0.717, 1.165) is 0 Å². The lowest BCUT2D eigenvalue weighted by molar-refractivity contribution is -0.000511. The number of aliphatic hydroxyl groups is 3. The second kappa shape index (κ2) is 4.96. The highest BCUT2D eigenvalue weighted by Crippen LogP contribution is 2.44. The van der Waals surface area contributed by atoms with E-state index < -0.39 is 30.0 Å². The van der Waals surface area contributed by atoms with Gasteiger partial charge in [-0.1, -0.05) is 0 Å². The van der Waals surface area contributed by atoms with Crippen molar-refractivity contribution in [3.05, 3.63) is 24.2 Å². The monoisotopic (exact) mass is 289 g/mol. The highest BCUT2D eigenvalue weighted by atomic mass is 16.3. The summed E-state index contributed by atoms with van der Waals surface area (Å²) in [5.41, 5.74) is 6.96. The molecular formula is C13H15N5O3. The molecule has 0 amide bonds. The zero-order valence-electron chi connectivity index (χ0n) is 11.0. The number of aliphatic hydroxyl groups excluding tert-OH is 3. The van der Waals surface area contributed by atoms with Gasteiger partial charge in [-0.25, -0.2) is 9.50 Å². The number of hydrogen-bond acceptors (Lipinski definition) is 7. The van der Waals surface area contributed by atoms with Crippen LogP contribution in [0.3, 0.4) is 0 Å². The van der Waals surface area contributed by atoms with Crippen LogP contribution in [0, 0.1) is 23.2 Å². The fourth-order valence-corrected chi connectivity index (χ4v) is 3.16. The molecule has 5 atom stereocenters. The third kappa shape index (κ3) is 1.86. The minimum Gasteiger partial charge on any atom is -0.396 e. The van der Waals surface area contributed by atoms with E-state index in [-0.39, 0.29) is 6.61 Å². The van der Waals surface area contributed by atoms with Crippen LogP contribution in [0.2, 0.25) is 0 Å². The summed E-state index contributed by atoms with van der Waals surface area (Å²) < 4.78 is 1.53. The lowest BCUT2D eigenvalue weighted by Gasteiger charge is -2.20. The summed E-state index contributed by atoms with van der Waals surface area (Å²) in [6.45, 7) is -0.338. The predicted molar refractivity (Wildman–Crippen MR) is 71.8 cm³/mol. The topological polar surface area (TPSA) is 141 Å². The first kappa shape index (κ1) is 13.8. The lowest BCUT2D eigenvalue weighted by Crippen LogP contribution is -2.29. The van der Waals surface area contributed by atoms with E-state index >= 15 is 0 Å². The van der Waals surface area contributed by atoms with Crippen LogP contribution >= 0.6 is 0 Å². The Balaban J connectivity index is 2.16. The number of nitrogens with zero attached hydrogens (tertiary/aromatic N) is 4. The molecule has 21 heavy (non-hydrogen) atoms. The van der Waals surface area contributed by atoms with Gasteiger partial charge in [-0.15, -0.1) is 0 Å². The molecule has 0 aliphatic heterocycles. The van der Waals surface area contributed by atoms with Crippen molar-refractivity contribution in [2.45, 2.75) is 18.1 Å². The fraction of sp³-hybridized carbons (Fsp3) is 0.462. The zero-order chi connectivity index (χ0) is 15.1. The normalized spacial score (nSPS) is 32.4. The SMILES string of the molecule is N#C[C@@H]1[C@H](O)[C@H](O)[C@@H](CO)[C@H]1c1ccc2c(N)ncnn12. The Kier molecular flexibility index (Phi) is 3.25. The van der Waals surface area contributed by atoms with Crippen molar-refractivity contribution in [1.29, 1.82) is 5.26 Å². The second-order valence-electron chi connectivity index (χ2n) is 5.21. The molecule has 110 valence electrons. The van der Waals surface area contributed by atoms with Gasteiger partial charge >= 0.3 is 0 Å². The molecule has 2 aromatic heterocycles. The van der Waals surface area contributed by atoms with E-state index in [1.54, 1.807) is 12.1 Å². The molecule has 2 aromatic rings. The number of nitrogen functional groups attached to an aromatic ring is 1. The highest BCUT2D eigenvalue weighted by molar-refractivity contribution is 5.65. The van der Waals surface area contributed by atoms with E-state index in [1.165, 1.54) is 10.8 Å². The quantitative estimate of drug-likeness (QED) is 0.548. The molecule has 8 heteroatoms. The van der Waals surface area contributed by atoms with Crippen molar-refractivity contribution in [1.82, 2.24) is 14.6 Å². The molecule has 1 fully saturated rings. The molecule has 0 aromatic carbocycles. The Morgan fingerprint density at radius 3 is 2.76 bits per heavy atom. The first-order valence-electron chi connectivity index (χ1n) is 6.55. The van der Waals surface area contributed by atoms with E-state index in [1.807, 2.05) is 6.07 Å². The van der Waals surface area contributed by atoms with Gasteiger partial charge in [0, 0.05) is 24.1 Å². The molecule has 1 aliphatic rings. The third-order valence-electron chi connectivity index (χ3n) is 4.22. The Bertz CT molecular complexity index is 709. The molecule has 1 saturated carbocycles. The largest absolute Gasteiger partial charge is 0.396 e. The van der Waals surface area contributed by atoms with Gasteiger partial charge in [0.1, 0.15) is 11.8 Å². The molecule has 3 rings (SSSR count). The van der Waals surface area contributed by atoms with Crippen LogP contribution in [0.15, 0.2) is 18.5 Å². The van der Waals surface area contributed by atoms with Crippen molar-refractivity contribution in [2.75, 3.05) is 12.3 Å². The fourth-order valence-electron chi connectivity index (χ4n) is 3.16. The van der Waals surface area contributed by atoms with Gasteiger partial charge in [-0.05, 0) is 12.1 Å². The average Bonchev–Trinajstić information content (AvgIpc) is 3.00. The van der Waals surface area contributed by atoms with Gasteiger partial charge in [-0.3, -0.25) is 0 Å². The maximum absolute atomic E-state index is 10.0. The summed E-state index contributed by atoms with van der Waals surface area (Å²) in [5.74, 6) is -1.71. The van der Waals surface area contributed by atoms with Crippen molar-refractivity contribution in [3.8, 4) is 6.07 Å². The van der Waals surface area contributed by atoms with Crippen LogP contribution in [-0.2, 0) is 0 Å². The standard InChI is InChI=1S/C13H15N5O3/c14-3-6-10(7(4-19)12(21)11(6)20)8-1-2-9-13(15)16-5-17-18(8)9/h1-2,5-7,10-12,19-21H,4H2,(H2,15,16,17)/t6-,7-,10-,11-,12+/m0/s1. The van der Waals surface area contributed by atoms with Crippen LogP contribution < -0.4 is 5.73 Å². The summed E-state index contributed by atoms with van der Waals surface area (Å²) in [6, 6.07) is 5.45. The van der Waals surface area contributed by atoms with Crippen molar-refractivity contribution >= 4 is 11.3 Å². The van der Waals surface area contributed by atoms with E-state index in [2.05, 4.69) is 10.1 Å². The van der Waals surface area contributed by atoms with Crippen molar-refractivity contribution in [2.24, 2.45) is 11.8 Å². The molecule has 0 saturated heterocycles. The molecule has 1 aliphatic carbocycles. The summed E-state index contributed by atoms with van der Waals surface area (Å²) in [7, 11) is 0. The Labute approximate surface area is 120 Å². The molecule has 0 bridgehead atoms. The lowest BCUT2D eigenvalue weighted by atomic mass is 9.87. The van der Waals surface area contributed by atoms with Gasteiger partial charge in [0.05, 0.1) is 24.2 Å². The van der Waals surface area contributed by atoms with Gasteiger partial charge < -0.3 is 21.1 Å². The summed E-state index contributed by atoms with van der Waals surface area (Å²) in [5, 5.41) is 42.9. The van der Waals surface area contributed by atoms with Gasteiger partial charge in [-0.2, -0.15) is 10.4 Å². The summed E-state index contributed by atoms with van der Waals surface area (Å²) in [4.78, 5) is 3.89. The molecule has 0 radical (unpaired) electrons. The van der Waals surface area contributed by atoms with Crippen LogP contribution in [0.25, 0.3) is 5.52 Å². The van der Waals surface area contributed by atoms with Crippen LogP contribution in [-0.4, -0.2) is 48.7 Å². The first-order chi connectivity index (χ1) is 10.1. The molecule has 0 unspecified atom stereocenters. The zero-order valence-corrected chi connectivity index (χ0v) is 11.0. The van der Waals surface area contributed by atoms with E-state index in [9.17, 15) is 20.6 Å². The predicted octanol–water partition coefficient (Wildman–Crippen LogP) is -1.12. The first-order valence-corrected chi connectivity index (χ1v) is 6.55. The van der Waals surface area contributed by atoms with Gasteiger partial charge in [0.15, 0.2) is 5.82 Å². The number of nitriles is 1. The molecule has 2 heterocycles. The smallest absolute Gasteiger partial charge is 0.151 e. The number of fused-ring (bicyclic) bond motifs is 1.